The Morgan fingerprint density at radius 2 is 0.833 bits per heavy atom. The van der Waals surface area contributed by atoms with Crippen molar-refractivity contribution in [3.05, 3.63) is 95.1 Å². The van der Waals surface area contributed by atoms with Gasteiger partial charge in [0.25, 0.3) is 20.2 Å². The SMILES string of the molecule is O=S(=O)(O)c1ccccc1/C=C/c1ccc(/C=C/c2ccccc2S(=O)(=O)O)cc1. The van der Waals surface area contributed by atoms with E-state index in [2.05, 4.69) is 0 Å². The summed E-state index contributed by atoms with van der Waals surface area (Å²) in [6.45, 7) is 0. The fraction of sp³-hybridized carbons (Fsp3) is 0. The summed E-state index contributed by atoms with van der Waals surface area (Å²) in [4.78, 5) is -0.336. The van der Waals surface area contributed by atoms with E-state index in [1.807, 2.05) is 0 Å². The zero-order chi connectivity index (χ0) is 21.8. The first-order valence-electron chi connectivity index (χ1n) is 8.74. The summed E-state index contributed by atoms with van der Waals surface area (Å²) in [5.41, 5.74) is 2.34. The maximum Gasteiger partial charge on any atom is 0.295 e. The van der Waals surface area contributed by atoms with Gasteiger partial charge in [0, 0.05) is 0 Å². The molecule has 0 atom stereocenters. The minimum atomic E-state index is -4.31. The van der Waals surface area contributed by atoms with Gasteiger partial charge in [0.15, 0.2) is 0 Å². The third-order valence-electron chi connectivity index (χ3n) is 4.24. The first kappa shape index (κ1) is 21.7. The Bertz CT molecular complexity index is 1220. The van der Waals surface area contributed by atoms with Gasteiger partial charge in [-0.25, -0.2) is 0 Å². The number of benzene rings is 3. The Balaban J connectivity index is 1.81. The van der Waals surface area contributed by atoms with Crippen molar-refractivity contribution in [1.29, 1.82) is 0 Å². The lowest BCUT2D eigenvalue weighted by Crippen LogP contribution is -2.00. The lowest BCUT2D eigenvalue weighted by atomic mass is 10.1. The second-order valence-corrected chi connectivity index (χ2v) is 9.14. The van der Waals surface area contributed by atoms with Crippen molar-refractivity contribution in [3.8, 4) is 0 Å². The van der Waals surface area contributed by atoms with Gasteiger partial charge in [0.2, 0.25) is 0 Å². The Morgan fingerprint density at radius 3 is 1.17 bits per heavy atom. The molecule has 0 bridgehead atoms. The van der Waals surface area contributed by atoms with Crippen LogP contribution in [0, 0.1) is 0 Å². The Hall–Kier alpha value is -3.04. The molecule has 0 saturated heterocycles. The van der Waals surface area contributed by atoms with Crippen LogP contribution in [0.5, 0.6) is 0 Å². The van der Waals surface area contributed by atoms with Crippen LogP contribution in [0.4, 0.5) is 0 Å². The molecule has 154 valence electrons. The van der Waals surface area contributed by atoms with Gasteiger partial charge >= 0.3 is 0 Å². The highest BCUT2D eigenvalue weighted by molar-refractivity contribution is 7.86. The fourth-order valence-electron chi connectivity index (χ4n) is 2.80. The quantitative estimate of drug-likeness (QED) is 0.429. The van der Waals surface area contributed by atoms with E-state index in [0.717, 1.165) is 11.1 Å². The van der Waals surface area contributed by atoms with Gasteiger partial charge in [0.05, 0.1) is 0 Å². The van der Waals surface area contributed by atoms with E-state index in [1.54, 1.807) is 72.8 Å². The van der Waals surface area contributed by atoms with Gasteiger partial charge in [-0.2, -0.15) is 16.8 Å². The van der Waals surface area contributed by atoms with Crippen molar-refractivity contribution >= 4 is 44.5 Å². The minimum absolute atomic E-state index is 0.168. The van der Waals surface area contributed by atoms with Gasteiger partial charge < -0.3 is 0 Å². The van der Waals surface area contributed by atoms with E-state index >= 15 is 0 Å². The molecule has 0 radical (unpaired) electrons. The van der Waals surface area contributed by atoms with Gasteiger partial charge in [-0.1, -0.05) is 85.0 Å². The predicted molar refractivity (Wildman–Crippen MR) is 117 cm³/mol. The Labute approximate surface area is 175 Å². The van der Waals surface area contributed by atoms with Crippen LogP contribution in [-0.4, -0.2) is 25.9 Å². The van der Waals surface area contributed by atoms with E-state index < -0.39 is 20.2 Å². The average molecular weight is 443 g/mol. The zero-order valence-electron chi connectivity index (χ0n) is 15.6. The molecular weight excluding hydrogens is 424 g/mol. The largest absolute Gasteiger partial charge is 0.295 e. The highest BCUT2D eigenvalue weighted by Gasteiger charge is 2.13. The molecule has 0 unspecified atom stereocenters. The lowest BCUT2D eigenvalue weighted by Gasteiger charge is -2.03. The molecule has 0 heterocycles. The monoisotopic (exact) mass is 442 g/mol. The third kappa shape index (κ3) is 5.52. The topological polar surface area (TPSA) is 109 Å². The first-order valence-corrected chi connectivity index (χ1v) is 11.6. The highest BCUT2D eigenvalue weighted by Crippen LogP contribution is 2.20. The third-order valence-corrected chi connectivity index (χ3v) is 6.10. The normalized spacial score (nSPS) is 12.6. The molecule has 6 nitrogen and oxygen atoms in total. The number of rotatable bonds is 6. The van der Waals surface area contributed by atoms with Crippen molar-refractivity contribution in [2.24, 2.45) is 0 Å². The van der Waals surface area contributed by atoms with Gasteiger partial charge in [-0.15, -0.1) is 0 Å². The summed E-state index contributed by atoms with van der Waals surface area (Å²) >= 11 is 0. The molecule has 0 saturated carbocycles. The van der Waals surface area contributed by atoms with Crippen LogP contribution >= 0.6 is 0 Å². The van der Waals surface area contributed by atoms with Crippen molar-refractivity contribution in [2.45, 2.75) is 9.79 Å². The van der Waals surface area contributed by atoms with Crippen molar-refractivity contribution in [3.63, 3.8) is 0 Å². The molecule has 0 aliphatic carbocycles. The maximum atomic E-state index is 11.4. The van der Waals surface area contributed by atoms with E-state index in [0.29, 0.717) is 11.1 Å². The molecule has 2 N–H and O–H groups in total. The van der Waals surface area contributed by atoms with Crippen LogP contribution in [0.2, 0.25) is 0 Å². The van der Waals surface area contributed by atoms with Crippen LogP contribution in [-0.2, 0) is 20.2 Å². The summed E-state index contributed by atoms with van der Waals surface area (Å²) in [5, 5.41) is 0. The summed E-state index contributed by atoms with van der Waals surface area (Å²) in [6, 6.07) is 19.5. The smallest absolute Gasteiger partial charge is 0.282 e. The predicted octanol–water partition coefficient (Wildman–Crippen LogP) is 4.52. The Morgan fingerprint density at radius 1 is 0.500 bits per heavy atom. The second-order valence-electron chi connectivity index (χ2n) is 6.36. The van der Waals surface area contributed by atoms with E-state index in [4.69, 9.17) is 0 Å². The molecule has 3 rings (SSSR count). The van der Waals surface area contributed by atoms with Crippen LogP contribution in [0.25, 0.3) is 24.3 Å². The molecular formula is C22H18O6S2. The molecule has 0 aliphatic rings. The molecule has 0 spiro atoms. The number of hydrogen-bond acceptors (Lipinski definition) is 4. The number of hydrogen-bond donors (Lipinski definition) is 2. The van der Waals surface area contributed by atoms with Gasteiger partial charge in [-0.3, -0.25) is 9.11 Å². The highest BCUT2D eigenvalue weighted by atomic mass is 32.2. The first-order chi connectivity index (χ1) is 14.1. The van der Waals surface area contributed by atoms with Crippen LogP contribution < -0.4 is 0 Å². The fourth-order valence-corrected chi connectivity index (χ4v) is 4.17. The van der Waals surface area contributed by atoms with Crippen molar-refractivity contribution < 1.29 is 25.9 Å². The molecule has 8 heteroatoms. The van der Waals surface area contributed by atoms with Gasteiger partial charge in [0.1, 0.15) is 9.79 Å². The van der Waals surface area contributed by atoms with Crippen molar-refractivity contribution in [2.75, 3.05) is 0 Å². The van der Waals surface area contributed by atoms with Crippen LogP contribution in [0.1, 0.15) is 22.3 Å². The zero-order valence-corrected chi connectivity index (χ0v) is 17.2. The molecule has 0 fully saturated rings. The minimum Gasteiger partial charge on any atom is -0.282 e. The van der Waals surface area contributed by atoms with Crippen LogP contribution in [0.3, 0.4) is 0 Å². The molecule has 30 heavy (non-hydrogen) atoms. The van der Waals surface area contributed by atoms with Gasteiger partial charge in [-0.05, 0) is 34.4 Å². The lowest BCUT2D eigenvalue weighted by molar-refractivity contribution is 0.480. The molecule has 0 aliphatic heterocycles. The molecule has 3 aromatic carbocycles. The molecule has 0 aromatic heterocycles. The maximum absolute atomic E-state index is 11.4. The van der Waals surface area contributed by atoms with Crippen molar-refractivity contribution in [1.82, 2.24) is 0 Å². The standard InChI is InChI=1S/C22H18O6S2/c23-29(24,25)21-7-3-1-5-19(21)15-13-17-9-11-18(12-10-17)14-16-20-6-2-4-8-22(20)30(26,27)28/h1-16H,(H,23,24,25)(H,26,27,28)/b15-13+,16-14+. The summed E-state index contributed by atoms with van der Waals surface area (Å²) < 4.78 is 64.4. The Kier molecular flexibility index (Phi) is 6.33. The van der Waals surface area contributed by atoms with Crippen LogP contribution in [0.15, 0.2) is 82.6 Å². The summed E-state index contributed by atoms with van der Waals surface area (Å²) in [5.74, 6) is 0. The average Bonchev–Trinajstić information content (AvgIpc) is 2.70. The molecule has 3 aromatic rings. The molecule has 0 amide bonds. The van der Waals surface area contributed by atoms with E-state index in [9.17, 15) is 25.9 Å². The second kappa shape index (κ2) is 8.76. The van der Waals surface area contributed by atoms with E-state index in [1.165, 1.54) is 24.3 Å². The van der Waals surface area contributed by atoms with E-state index in [-0.39, 0.29) is 9.79 Å². The summed E-state index contributed by atoms with van der Waals surface area (Å²) in [7, 11) is -8.63. The summed E-state index contributed by atoms with van der Waals surface area (Å²) in [6.07, 6.45) is 6.61.